The molecule has 3 N–H and O–H groups in total. The number of carbonyl (C=O) groups is 1. The number of carboxylic acids is 1. The summed E-state index contributed by atoms with van der Waals surface area (Å²) in [5, 5.41) is 9.33. The molecule has 0 radical (unpaired) electrons. The summed E-state index contributed by atoms with van der Waals surface area (Å²) in [6, 6.07) is 6.86. The van der Waals surface area contributed by atoms with E-state index < -0.39 is 11.8 Å². The van der Waals surface area contributed by atoms with Gasteiger partial charge in [0.25, 0.3) is 0 Å². The average Bonchev–Trinajstić information content (AvgIpc) is 2.78. The fourth-order valence-corrected chi connectivity index (χ4v) is 2.54. The lowest BCUT2D eigenvalue weighted by Crippen LogP contribution is -1.98. The molecule has 3 rings (SSSR count). The molecule has 0 unspecified atom stereocenters. The SMILES string of the molecule is Nc1nc2ccc(-c3cc(C(=O)O)ccc3F)nc2s1. The number of halogens is 1. The van der Waals surface area contributed by atoms with Gasteiger partial charge in [-0.2, -0.15) is 0 Å². The Bertz CT molecular complexity index is 832. The number of nitrogen functional groups attached to an aromatic ring is 1. The number of carboxylic acid groups (broad SMARTS) is 1. The first-order chi connectivity index (χ1) is 9.54. The van der Waals surface area contributed by atoms with E-state index in [-0.39, 0.29) is 11.1 Å². The van der Waals surface area contributed by atoms with Crippen LogP contribution in [0.25, 0.3) is 21.6 Å². The van der Waals surface area contributed by atoms with Gasteiger partial charge in [-0.1, -0.05) is 11.3 Å². The van der Waals surface area contributed by atoms with Crippen LogP contribution in [0.15, 0.2) is 30.3 Å². The maximum Gasteiger partial charge on any atom is 0.335 e. The van der Waals surface area contributed by atoms with Gasteiger partial charge in [0.15, 0.2) is 5.13 Å². The minimum atomic E-state index is -1.12. The molecule has 7 heteroatoms. The van der Waals surface area contributed by atoms with E-state index in [1.54, 1.807) is 12.1 Å². The molecule has 2 heterocycles. The number of fused-ring (bicyclic) bond motifs is 1. The Hall–Kier alpha value is -2.54. The number of anilines is 1. The van der Waals surface area contributed by atoms with Gasteiger partial charge >= 0.3 is 5.97 Å². The summed E-state index contributed by atoms with van der Waals surface area (Å²) in [5.41, 5.74) is 6.71. The van der Waals surface area contributed by atoms with Gasteiger partial charge in [-0.25, -0.2) is 19.2 Å². The number of pyridine rings is 1. The van der Waals surface area contributed by atoms with Crippen molar-refractivity contribution in [2.75, 3.05) is 5.73 Å². The summed E-state index contributed by atoms with van der Waals surface area (Å²) < 4.78 is 13.9. The monoisotopic (exact) mass is 289 g/mol. The van der Waals surface area contributed by atoms with Crippen LogP contribution in [0, 0.1) is 5.82 Å². The van der Waals surface area contributed by atoms with Crippen LogP contribution in [0.2, 0.25) is 0 Å². The smallest absolute Gasteiger partial charge is 0.335 e. The Morgan fingerprint density at radius 1 is 1.25 bits per heavy atom. The van der Waals surface area contributed by atoms with Gasteiger partial charge in [0.1, 0.15) is 16.2 Å². The Balaban J connectivity index is 2.18. The minimum Gasteiger partial charge on any atom is -0.478 e. The Morgan fingerprint density at radius 2 is 2.05 bits per heavy atom. The largest absolute Gasteiger partial charge is 0.478 e. The standard InChI is InChI=1S/C13H8FN3O2S/c14-8-2-1-6(12(18)19)5-7(8)9-3-4-10-11(16-9)20-13(15)17-10/h1-5H,(H2,15,17)(H,18,19). The third-order valence-corrected chi connectivity index (χ3v) is 3.56. The molecule has 0 fully saturated rings. The molecule has 0 aliphatic carbocycles. The number of nitrogens with two attached hydrogens (primary N) is 1. The van der Waals surface area contributed by atoms with E-state index in [1.165, 1.54) is 23.5 Å². The zero-order valence-electron chi connectivity index (χ0n) is 10.0. The molecule has 0 bridgehead atoms. The number of aromatic carboxylic acids is 1. The zero-order valence-corrected chi connectivity index (χ0v) is 10.8. The number of hydrogen-bond donors (Lipinski definition) is 2. The Kier molecular flexibility index (Phi) is 2.83. The summed E-state index contributed by atoms with van der Waals surface area (Å²) in [5.74, 6) is -1.64. The van der Waals surface area contributed by atoms with Crippen LogP contribution >= 0.6 is 11.3 Å². The van der Waals surface area contributed by atoms with Crippen LogP contribution < -0.4 is 5.73 Å². The summed E-state index contributed by atoms with van der Waals surface area (Å²) in [7, 11) is 0. The molecule has 0 atom stereocenters. The van der Waals surface area contributed by atoms with Gasteiger partial charge in [-0.05, 0) is 30.3 Å². The molecule has 5 nitrogen and oxygen atoms in total. The molecule has 2 aromatic heterocycles. The lowest BCUT2D eigenvalue weighted by atomic mass is 10.1. The normalized spacial score (nSPS) is 10.8. The maximum atomic E-state index is 13.9. The lowest BCUT2D eigenvalue weighted by Gasteiger charge is -2.04. The van der Waals surface area contributed by atoms with Gasteiger partial charge in [0.05, 0.1) is 11.3 Å². The first kappa shape index (κ1) is 12.5. The summed E-state index contributed by atoms with van der Waals surface area (Å²) >= 11 is 1.19. The highest BCUT2D eigenvalue weighted by molar-refractivity contribution is 7.21. The number of rotatable bonds is 2. The van der Waals surface area contributed by atoms with Crippen LogP contribution in [0.3, 0.4) is 0 Å². The number of aromatic nitrogens is 2. The minimum absolute atomic E-state index is 0.00659. The van der Waals surface area contributed by atoms with E-state index in [0.29, 0.717) is 21.2 Å². The second kappa shape index (κ2) is 4.53. The summed E-state index contributed by atoms with van der Waals surface area (Å²) in [6.07, 6.45) is 0. The zero-order chi connectivity index (χ0) is 14.3. The van der Waals surface area contributed by atoms with Gasteiger partial charge in [-0.15, -0.1) is 0 Å². The van der Waals surface area contributed by atoms with E-state index in [4.69, 9.17) is 10.8 Å². The first-order valence-electron chi connectivity index (χ1n) is 5.61. The van der Waals surface area contributed by atoms with Crippen molar-refractivity contribution in [2.24, 2.45) is 0 Å². The quantitative estimate of drug-likeness (QED) is 0.757. The van der Waals surface area contributed by atoms with Crippen LogP contribution in [-0.4, -0.2) is 21.0 Å². The molecule has 0 aliphatic heterocycles. The molecule has 20 heavy (non-hydrogen) atoms. The van der Waals surface area contributed by atoms with Crippen LogP contribution in [-0.2, 0) is 0 Å². The topological polar surface area (TPSA) is 89.1 Å². The molecule has 100 valence electrons. The second-order valence-electron chi connectivity index (χ2n) is 4.07. The molecule has 0 aliphatic rings. The van der Waals surface area contributed by atoms with Crippen molar-refractivity contribution in [3.8, 4) is 11.3 Å². The van der Waals surface area contributed by atoms with Crippen molar-refractivity contribution in [2.45, 2.75) is 0 Å². The third kappa shape index (κ3) is 2.08. The van der Waals surface area contributed by atoms with Crippen molar-refractivity contribution in [1.29, 1.82) is 0 Å². The predicted molar refractivity (Wildman–Crippen MR) is 74.2 cm³/mol. The number of thiazole rings is 1. The van der Waals surface area contributed by atoms with Gasteiger partial charge in [0.2, 0.25) is 0 Å². The van der Waals surface area contributed by atoms with Crippen LogP contribution in [0.5, 0.6) is 0 Å². The van der Waals surface area contributed by atoms with Crippen molar-refractivity contribution in [3.05, 3.63) is 41.7 Å². The number of nitrogens with zero attached hydrogens (tertiary/aromatic N) is 2. The fraction of sp³-hybridized carbons (Fsp3) is 0. The first-order valence-corrected chi connectivity index (χ1v) is 6.42. The van der Waals surface area contributed by atoms with Crippen LogP contribution in [0.1, 0.15) is 10.4 Å². The van der Waals surface area contributed by atoms with Crippen molar-refractivity contribution in [1.82, 2.24) is 9.97 Å². The maximum absolute atomic E-state index is 13.9. The van der Waals surface area contributed by atoms with E-state index in [1.807, 2.05) is 0 Å². The predicted octanol–water partition coefficient (Wildman–Crippen LogP) is 2.78. The lowest BCUT2D eigenvalue weighted by molar-refractivity contribution is 0.0697. The second-order valence-corrected chi connectivity index (χ2v) is 5.08. The summed E-state index contributed by atoms with van der Waals surface area (Å²) in [6.45, 7) is 0. The molecular formula is C13H8FN3O2S. The number of hydrogen-bond acceptors (Lipinski definition) is 5. The highest BCUT2D eigenvalue weighted by atomic mass is 32.1. The summed E-state index contributed by atoms with van der Waals surface area (Å²) in [4.78, 5) is 19.9. The molecular weight excluding hydrogens is 281 g/mol. The van der Waals surface area contributed by atoms with Crippen molar-refractivity contribution < 1.29 is 14.3 Å². The van der Waals surface area contributed by atoms with Crippen molar-refractivity contribution in [3.63, 3.8) is 0 Å². The number of benzene rings is 1. The van der Waals surface area contributed by atoms with Gasteiger partial charge in [0, 0.05) is 5.56 Å². The molecule has 0 amide bonds. The Labute approximate surface area is 116 Å². The molecule has 1 aromatic carbocycles. The van der Waals surface area contributed by atoms with E-state index in [9.17, 15) is 9.18 Å². The molecule has 0 spiro atoms. The highest BCUT2D eigenvalue weighted by Gasteiger charge is 2.12. The van der Waals surface area contributed by atoms with Crippen LogP contribution in [0.4, 0.5) is 9.52 Å². The van der Waals surface area contributed by atoms with Gasteiger partial charge in [-0.3, -0.25) is 0 Å². The molecule has 0 saturated carbocycles. The van der Waals surface area contributed by atoms with E-state index in [2.05, 4.69) is 9.97 Å². The van der Waals surface area contributed by atoms with Crippen molar-refractivity contribution >= 4 is 32.8 Å². The fourth-order valence-electron chi connectivity index (χ4n) is 1.84. The van der Waals surface area contributed by atoms with Gasteiger partial charge < -0.3 is 10.8 Å². The Morgan fingerprint density at radius 3 is 2.80 bits per heavy atom. The third-order valence-electron chi connectivity index (χ3n) is 2.76. The molecule has 0 saturated heterocycles. The molecule has 3 aromatic rings. The van der Waals surface area contributed by atoms with E-state index in [0.717, 1.165) is 6.07 Å². The van der Waals surface area contributed by atoms with E-state index >= 15 is 0 Å². The highest BCUT2D eigenvalue weighted by Crippen LogP contribution is 2.27. The average molecular weight is 289 g/mol.